The molecule has 2 rings (SSSR count). The molecule has 0 aromatic heterocycles. The van der Waals surface area contributed by atoms with Gasteiger partial charge in [-0.1, -0.05) is 19.4 Å². The van der Waals surface area contributed by atoms with Gasteiger partial charge in [-0.2, -0.15) is 0 Å². The number of hydrogen-bond donors (Lipinski definition) is 2. The van der Waals surface area contributed by atoms with E-state index < -0.39 is 10.8 Å². The number of phenols is 1. The molecule has 1 saturated carbocycles. The minimum Gasteiger partial charge on any atom is -0.504 e. The Morgan fingerprint density at radius 1 is 1.43 bits per heavy atom. The first-order valence-corrected chi connectivity index (χ1v) is 8.98. The van der Waals surface area contributed by atoms with Crippen molar-refractivity contribution in [1.82, 2.24) is 5.32 Å². The van der Waals surface area contributed by atoms with Crippen molar-refractivity contribution in [3.8, 4) is 11.5 Å². The number of rotatable bonds is 6. The van der Waals surface area contributed by atoms with Crippen LogP contribution >= 0.6 is 0 Å². The van der Waals surface area contributed by atoms with E-state index in [0.717, 1.165) is 37.0 Å². The van der Waals surface area contributed by atoms with Crippen molar-refractivity contribution >= 4 is 10.8 Å². The number of ether oxygens (including phenoxy) is 1. The summed E-state index contributed by atoms with van der Waals surface area (Å²) in [6.45, 7) is 2.71. The van der Waals surface area contributed by atoms with Crippen molar-refractivity contribution in [3.05, 3.63) is 23.8 Å². The average molecular weight is 311 g/mol. The molecule has 3 atom stereocenters. The van der Waals surface area contributed by atoms with E-state index >= 15 is 0 Å². The monoisotopic (exact) mass is 311 g/mol. The van der Waals surface area contributed by atoms with E-state index in [0.29, 0.717) is 23.6 Å². The van der Waals surface area contributed by atoms with Crippen molar-refractivity contribution in [2.45, 2.75) is 50.4 Å². The molecule has 5 heteroatoms. The lowest BCUT2D eigenvalue weighted by Crippen LogP contribution is -2.37. The van der Waals surface area contributed by atoms with E-state index in [1.54, 1.807) is 19.2 Å². The van der Waals surface area contributed by atoms with E-state index in [1.165, 1.54) is 0 Å². The van der Waals surface area contributed by atoms with Gasteiger partial charge in [-0.15, -0.1) is 0 Å². The fourth-order valence-corrected chi connectivity index (χ4v) is 4.26. The Kier molecular flexibility index (Phi) is 6.06. The molecule has 118 valence electrons. The Bertz CT molecular complexity index is 492. The molecule has 0 aliphatic heterocycles. The highest BCUT2D eigenvalue weighted by Gasteiger charge is 2.25. The predicted octanol–water partition coefficient (Wildman–Crippen LogP) is 2.57. The molecular formula is C16H25NO3S. The first kappa shape index (κ1) is 16.3. The van der Waals surface area contributed by atoms with Crippen LogP contribution in [-0.2, 0) is 17.3 Å². The van der Waals surface area contributed by atoms with Crippen LogP contribution in [0, 0.1) is 0 Å². The maximum absolute atomic E-state index is 11.9. The summed E-state index contributed by atoms with van der Waals surface area (Å²) in [6, 6.07) is 5.89. The topological polar surface area (TPSA) is 58.6 Å². The maximum atomic E-state index is 11.9. The zero-order valence-electron chi connectivity index (χ0n) is 12.8. The van der Waals surface area contributed by atoms with Crippen LogP contribution in [0.4, 0.5) is 0 Å². The largest absolute Gasteiger partial charge is 0.504 e. The Labute approximate surface area is 129 Å². The summed E-state index contributed by atoms with van der Waals surface area (Å²) < 4.78 is 17.0. The molecule has 0 spiro atoms. The van der Waals surface area contributed by atoms with Crippen molar-refractivity contribution in [2.75, 3.05) is 12.9 Å². The smallest absolute Gasteiger partial charge is 0.160 e. The minimum absolute atomic E-state index is 0.172. The van der Waals surface area contributed by atoms with Crippen molar-refractivity contribution in [2.24, 2.45) is 0 Å². The van der Waals surface area contributed by atoms with Gasteiger partial charge in [0.15, 0.2) is 11.5 Å². The molecular weight excluding hydrogens is 286 g/mol. The number of aromatic hydroxyl groups is 1. The lowest BCUT2D eigenvalue weighted by molar-refractivity contribution is 0.368. The molecule has 0 heterocycles. The van der Waals surface area contributed by atoms with Gasteiger partial charge in [-0.3, -0.25) is 4.21 Å². The molecule has 0 amide bonds. The Hall–Kier alpha value is -1.07. The van der Waals surface area contributed by atoms with Crippen LogP contribution in [0.1, 0.15) is 38.2 Å². The number of hydrogen-bond acceptors (Lipinski definition) is 4. The molecule has 1 aromatic carbocycles. The summed E-state index contributed by atoms with van der Waals surface area (Å²) >= 11 is 0. The standard InChI is InChI=1S/C16H25NO3S/c1-3-21(19)14-6-4-5-13(10-14)17-11-12-7-8-16(20-2)15(18)9-12/h7-9,13-14,17-18H,3-6,10-11H2,1-2H3/t13-,14-,21+/m1/s1. The van der Waals surface area contributed by atoms with E-state index in [1.807, 2.05) is 13.0 Å². The zero-order valence-corrected chi connectivity index (χ0v) is 13.6. The summed E-state index contributed by atoms with van der Waals surface area (Å²) in [7, 11) is 0.858. The number of nitrogens with one attached hydrogen (secondary N) is 1. The van der Waals surface area contributed by atoms with Gasteiger partial charge >= 0.3 is 0 Å². The van der Waals surface area contributed by atoms with Crippen LogP contribution in [0.25, 0.3) is 0 Å². The van der Waals surface area contributed by atoms with Crippen LogP contribution in [0.3, 0.4) is 0 Å². The van der Waals surface area contributed by atoms with Gasteiger partial charge < -0.3 is 15.2 Å². The fourth-order valence-electron chi connectivity index (χ4n) is 2.91. The summed E-state index contributed by atoms with van der Waals surface area (Å²) in [4.78, 5) is 0. The highest BCUT2D eigenvalue weighted by molar-refractivity contribution is 7.85. The molecule has 0 unspecified atom stereocenters. The summed E-state index contributed by atoms with van der Waals surface area (Å²) in [5.41, 5.74) is 1.03. The Morgan fingerprint density at radius 3 is 2.90 bits per heavy atom. The SMILES string of the molecule is CC[S@](=O)[C@@H]1CCC[C@@H](NCc2ccc(OC)c(O)c2)C1. The molecule has 0 radical (unpaired) electrons. The molecule has 2 N–H and O–H groups in total. The molecule has 1 fully saturated rings. The Balaban J connectivity index is 1.87. The third-order valence-electron chi connectivity index (χ3n) is 4.12. The zero-order chi connectivity index (χ0) is 15.2. The second-order valence-electron chi connectivity index (χ2n) is 5.54. The first-order chi connectivity index (χ1) is 10.1. The van der Waals surface area contributed by atoms with Gasteiger partial charge in [0.05, 0.1) is 7.11 Å². The second-order valence-corrected chi connectivity index (χ2v) is 7.55. The van der Waals surface area contributed by atoms with E-state index in [-0.39, 0.29) is 5.75 Å². The van der Waals surface area contributed by atoms with Gasteiger partial charge in [0.2, 0.25) is 0 Å². The Morgan fingerprint density at radius 2 is 2.24 bits per heavy atom. The normalized spacial score (nSPS) is 23.7. The number of benzene rings is 1. The first-order valence-electron chi connectivity index (χ1n) is 7.60. The molecule has 0 saturated heterocycles. The molecule has 4 nitrogen and oxygen atoms in total. The van der Waals surface area contributed by atoms with Crippen LogP contribution in [0.2, 0.25) is 0 Å². The van der Waals surface area contributed by atoms with Crippen molar-refractivity contribution in [3.63, 3.8) is 0 Å². The van der Waals surface area contributed by atoms with Crippen LogP contribution < -0.4 is 10.1 Å². The van der Waals surface area contributed by atoms with Crippen LogP contribution in [0.15, 0.2) is 18.2 Å². The summed E-state index contributed by atoms with van der Waals surface area (Å²) in [5.74, 6) is 1.42. The van der Waals surface area contributed by atoms with Gasteiger partial charge in [0.1, 0.15) is 0 Å². The molecule has 21 heavy (non-hydrogen) atoms. The highest BCUT2D eigenvalue weighted by Crippen LogP contribution is 2.27. The van der Waals surface area contributed by atoms with E-state index in [2.05, 4.69) is 5.32 Å². The lowest BCUT2D eigenvalue weighted by Gasteiger charge is -2.29. The maximum Gasteiger partial charge on any atom is 0.160 e. The lowest BCUT2D eigenvalue weighted by atomic mass is 9.95. The van der Waals surface area contributed by atoms with Gasteiger partial charge in [0.25, 0.3) is 0 Å². The van der Waals surface area contributed by atoms with Crippen LogP contribution in [0.5, 0.6) is 11.5 Å². The quantitative estimate of drug-likeness (QED) is 0.848. The average Bonchev–Trinajstić information content (AvgIpc) is 2.52. The minimum atomic E-state index is -0.687. The third-order valence-corrected chi connectivity index (χ3v) is 5.86. The highest BCUT2D eigenvalue weighted by atomic mass is 32.2. The fraction of sp³-hybridized carbons (Fsp3) is 0.625. The van der Waals surface area contributed by atoms with Crippen LogP contribution in [-0.4, -0.2) is 33.5 Å². The van der Waals surface area contributed by atoms with E-state index in [9.17, 15) is 9.32 Å². The number of methoxy groups -OCH3 is 1. The van der Waals surface area contributed by atoms with E-state index in [4.69, 9.17) is 4.74 Å². The second kappa shape index (κ2) is 7.80. The molecule has 0 bridgehead atoms. The number of phenolic OH excluding ortho intramolecular Hbond substituents is 1. The predicted molar refractivity (Wildman–Crippen MR) is 86.2 cm³/mol. The molecule has 1 aliphatic rings. The van der Waals surface area contributed by atoms with Crippen molar-refractivity contribution in [1.29, 1.82) is 0 Å². The van der Waals surface area contributed by atoms with Gasteiger partial charge in [0, 0.05) is 34.4 Å². The molecule has 1 aliphatic carbocycles. The third kappa shape index (κ3) is 4.45. The summed E-state index contributed by atoms with van der Waals surface area (Å²) in [5, 5.41) is 13.6. The van der Waals surface area contributed by atoms with Gasteiger partial charge in [-0.05, 0) is 37.0 Å². The molecule has 1 aromatic rings. The summed E-state index contributed by atoms with van der Waals surface area (Å²) in [6.07, 6.45) is 4.35. The van der Waals surface area contributed by atoms with Gasteiger partial charge in [-0.25, -0.2) is 0 Å². The van der Waals surface area contributed by atoms with Crippen molar-refractivity contribution < 1.29 is 14.1 Å².